The van der Waals surface area contributed by atoms with E-state index in [0.29, 0.717) is 6.04 Å². The Labute approximate surface area is 116 Å². The van der Waals surface area contributed by atoms with Gasteiger partial charge in [-0.25, -0.2) is 0 Å². The minimum Gasteiger partial charge on any atom is -0.497 e. The summed E-state index contributed by atoms with van der Waals surface area (Å²) in [4.78, 5) is 2.53. The molecule has 1 aliphatic rings. The maximum absolute atomic E-state index is 6.24. The van der Waals surface area contributed by atoms with Crippen molar-refractivity contribution < 1.29 is 4.74 Å². The Morgan fingerprint density at radius 3 is 2.58 bits per heavy atom. The van der Waals surface area contributed by atoms with Gasteiger partial charge in [0.1, 0.15) is 5.75 Å². The summed E-state index contributed by atoms with van der Waals surface area (Å²) in [5.74, 6) is 1.75. The Hall–Kier alpha value is -1.06. The van der Waals surface area contributed by atoms with Gasteiger partial charge >= 0.3 is 0 Å². The van der Waals surface area contributed by atoms with Gasteiger partial charge in [-0.2, -0.15) is 0 Å². The summed E-state index contributed by atoms with van der Waals surface area (Å²) in [7, 11) is 1.71. The number of hydrogen-bond acceptors (Lipinski definition) is 3. The minimum atomic E-state index is 0.125. The highest BCUT2D eigenvalue weighted by atomic mass is 16.5. The molecule has 0 spiro atoms. The van der Waals surface area contributed by atoms with E-state index in [1.807, 2.05) is 6.07 Å². The molecule has 3 nitrogen and oxygen atoms in total. The van der Waals surface area contributed by atoms with Crippen molar-refractivity contribution in [3.8, 4) is 5.75 Å². The number of hydrogen-bond donors (Lipinski definition) is 1. The third-order valence-electron chi connectivity index (χ3n) is 4.14. The van der Waals surface area contributed by atoms with Crippen molar-refractivity contribution >= 4 is 0 Å². The zero-order chi connectivity index (χ0) is 13.8. The lowest BCUT2D eigenvalue weighted by atomic mass is 9.93. The highest BCUT2D eigenvalue weighted by molar-refractivity contribution is 5.31. The standard InChI is InChI=1S/C16H26N2O/c1-12-7-9-18(10-8-12)16(13(2)17)14-5-4-6-15(11-14)19-3/h4-6,11-13,16H,7-10,17H2,1-3H3. The van der Waals surface area contributed by atoms with Crippen LogP contribution in [-0.2, 0) is 0 Å². The largest absolute Gasteiger partial charge is 0.497 e. The van der Waals surface area contributed by atoms with Crippen LogP contribution in [0.5, 0.6) is 5.75 Å². The van der Waals surface area contributed by atoms with Crippen LogP contribution in [-0.4, -0.2) is 31.1 Å². The SMILES string of the molecule is COc1cccc(C(C(C)N)N2CCC(C)CC2)c1. The van der Waals surface area contributed by atoms with Crippen LogP contribution in [0.15, 0.2) is 24.3 Å². The van der Waals surface area contributed by atoms with Gasteiger partial charge in [-0.1, -0.05) is 19.1 Å². The van der Waals surface area contributed by atoms with E-state index in [-0.39, 0.29) is 6.04 Å². The summed E-state index contributed by atoms with van der Waals surface area (Å²) in [5, 5.41) is 0. The predicted molar refractivity (Wildman–Crippen MR) is 79.4 cm³/mol. The Kier molecular flexibility index (Phi) is 4.83. The molecule has 0 aromatic heterocycles. The van der Waals surface area contributed by atoms with Crippen molar-refractivity contribution in [1.82, 2.24) is 4.90 Å². The van der Waals surface area contributed by atoms with Crippen LogP contribution in [0, 0.1) is 5.92 Å². The first-order chi connectivity index (χ1) is 9.11. The van der Waals surface area contributed by atoms with Crippen molar-refractivity contribution in [2.45, 2.75) is 38.8 Å². The average Bonchev–Trinajstić information content (AvgIpc) is 2.41. The van der Waals surface area contributed by atoms with Gasteiger partial charge < -0.3 is 10.5 Å². The number of methoxy groups -OCH3 is 1. The molecule has 1 aromatic carbocycles. The van der Waals surface area contributed by atoms with Gasteiger partial charge in [-0.15, -0.1) is 0 Å². The second kappa shape index (κ2) is 6.40. The number of piperidine rings is 1. The van der Waals surface area contributed by atoms with E-state index < -0.39 is 0 Å². The van der Waals surface area contributed by atoms with E-state index in [2.05, 4.69) is 36.9 Å². The fourth-order valence-electron chi connectivity index (χ4n) is 2.98. The molecule has 3 heteroatoms. The van der Waals surface area contributed by atoms with Crippen LogP contribution in [0.3, 0.4) is 0 Å². The fraction of sp³-hybridized carbons (Fsp3) is 0.625. The van der Waals surface area contributed by atoms with Gasteiger partial charge in [-0.3, -0.25) is 4.90 Å². The molecule has 0 radical (unpaired) electrons. The summed E-state index contributed by atoms with van der Waals surface area (Å²) in [6, 6.07) is 8.74. The molecule has 2 atom stereocenters. The van der Waals surface area contributed by atoms with Crippen molar-refractivity contribution in [1.29, 1.82) is 0 Å². The number of benzene rings is 1. The molecule has 2 N–H and O–H groups in total. The molecule has 0 aliphatic carbocycles. The van der Waals surface area contributed by atoms with Crippen LogP contribution in [0.1, 0.15) is 38.3 Å². The third-order valence-corrected chi connectivity index (χ3v) is 4.14. The van der Waals surface area contributed by atoms with Gasteiger partial charge in [0, 0.05) is 12.1 Å². The van der Waals surface area contributed by atoms with Crippen molar-refractivity contribution in [3.63, 3.8) is 0 Å². The number of ether oxygens (including phenoxy) is 1. The molecule has 1 aliphatic heterocycles. The van der Waals surface area contributed by atoms with E-state index in [1.54, 1.807) is 7.11 Å². The summed E-state index contributed by atoms with van der Waals surface area (Å²) >= 11 is 0. The van der Waals surface area contributed by atoms with Gasteiger partial charge in [0.25, 0.3) is 0 Å². The molecule has 1 aromatic rings. The molecule has 0 bridgehead atoms. The summed E-state index contributed by atoms with van der Waals surface area (Å²) < 4.78 is 5.33. The van der Waals surface area contributed by atoms with Crippen LogP contribution in [0.25, 0.3) is 0 Å². The van der Waals surface area contributed by atoms with Gasteiger partial charge in [0.2, 0.25) is 0 Å². The second-order valence-electron chi connectivity index (χ2n) is 5.80. The Morgan fingerprint density at radius 2 is 2.00 bits per heavy atom. The first kappa shape index (κ1) is 14.4. The molecule has 2 rings (SSSR count). The lowest BCUT2D eigenvalue weighted by molar-refractivity contribution is 0.123. The zero-order valence-corrected chi connectivity index (χ0v) is 12.3. The van der Waals surface area contributed by atoms with Crippen LogP contribution < -0.4 is 10.5 Å². The molecule has 0 saturated carbocycles. The predicted octanol–water partition coefficient (Wildman–Crippen LogP) is 2.82. The first-order valence-corrected chi connectivity index (χ1v) is 7.25. The second-order valence-corrected chi connectivity index (χ2v) is 5.80. The highest BCUT2D eigenvalue weighted by Crippen LogP contribution is 2.30. The monoisotopic (exact) mass is 262 g/mol. The fourth-order valence-corrected chi connectivity index (χ4v) is 2.98. The minimum absolute atomic E-state index is 0.125. The molecule has 106 valence electrons. The Morgan fingerprint density at radius 1 is 1.32 bits per heavy atom. The van der Waals surface area contributed by atoms with Crippen LogP contribution in [0.2, 0.25) is 0 Å². The molecule has 0 amide bonds. The quantitative estimate of drug-likeness (QED) is 0.907. The van der Waals surface area contributed by atoms with Gasteiger partial charge in [0.15, 0.2) is 0 Å². The molecular weight excluding hydrogens is 236 g/mol. The number of rotatable bonds is 4. The van der Waals surface area contributed by atoms with E-state index in [1.165, 1.54) is 18.4 Å². The summed E-state index contributed by atoms with van der Waals surface area (Å²) in [6.45, 7) is 6.72. The van der Waals surface area contributed by atoms with E-state index in [4.69, 9.17) is 10.5 Å². The van der Waals surface area contributed by atoms with E-state index >= 15 is 0 Å². The van der Waals surface area contributed by atoms with Crippen LogP contribution >= 0.6 is 0 Å². The number of nitrogens with zero attached hydrogens (tertiary/aromatic N) is 1. The third kappa shape index (κ3) is 3.48. The van der Waals surface area contributed by atoms with E-state index in [0.717, 1.165) is 24.8 Å². The molecule has 1 heterocycles. The highest BCUT2D eigenvalue weighted by Gasteiger charge is 2.27. The van der Waals surface area contributed by atoms with Gasteiger partial charge in [0.05, 0.1) is 7.11 Å². The number of nitrogens with two attached hydrogens (primary N) is 1. The Bertz CT molecular complexity index is 397. The van der Waals surface area contributed by atoms with Crippen molar-refractivity contribution in [2.75, 3.05) is 20.2 Å². The molecule has 1 fully saturated rings. The number of likely N-dealkylation sites (tertiary alicyclic amines) is 1. The Balaban J connectivity index is 2.19. The van der Waals surface area contributed by atoms with Crippen molar-refractivity contribution in [3.05, 3.63) is 29.8 Å². The molecule has 19 heavy (non-hydrogen) atoms. The van der Waals surface area contributed by atoms with Crippen LogP contribution in [0.4, 0.5) is 0 Å². The molecule has 1 saturated heterocycles. The maximum Gasteiger partial charge on any atom is 0.119 e. The lowest BCUT2D eigenvalue weighted by Crippen LogP contribution is -2.43. The van der Waals surface area contributed by atoms with Crippen molar-refractivity contribution in [2.24, 2.45) is 11.7 Å². The molecule has 2 unspecified atom stereocenters. The summed E-state index contributed by atoms with van der Waals surface area (Å²) in [6.07, 6.45) is 2.54. The first-order valence-electron chi connectivity index (χ1n) is 7.25. The summed E-state index contributed by atoms with van der Waals surface area (Å²) in [5.41, 5.74) is 7.51. The smallest absolute Gasteiger partial charge is 0.119 e. The van der Waals surface area contributed by atoms with E-state index in [9.17, 15) is 0 Å². The maximum atomic E-state index is 6.24. The van der Waals surface area contributed by atoms with Gasteiger partial charge in [-0.05, 0) is 56.5 Å². The zero-order valence-electron chi connectivity index (χ0n) is 12.3. The average molecular weight is 262 g/mol. The molecular formula is C16H26N2O. The normalized spacial score (nSPS) is 21.1. The lowest BCUT2D eigenvalue weighted by Gasteiger charge is -2.39. The topological polar surface area (TPSA) is 38.5 Å².